The lowest BCUT2D eigenvalue weighted by Gasteiger charge is -2.10. The summed E-state index contributed by atoms with van der Waals surface area (Å²) in [6.07, 6.45) is 0. The third-order valence-electron chi connectivity index (χ3n) is 1.44. The number of hydrogen-bond donors (Lipinski definition) is 0. The predicted molar refractivity (Wildman–Crippen MR) is 58.8 cm³/mol. The Morgan fingerprint density at radius 1 is 1.38 bits per heavy atom. The van der Waals surface area contributed by atoms with Gasteiger partial charge in [0.15, 0.2) is 5.75 Å². The Morgan fingerprint density at radius 2 is 1.94 bits per heavy atom. The molecule has 0 atom stereocenters. The van der Waals surface area contributed by atoms with Gasteiger partial charge in [-0.15, -0.1) is 0 Å². The fourth-order valence-electron chi connectivity index (χ4n) is 0.921. The average molecular weight is 356 g/mol. The molecule has 0 saturated heterocycles. The molecule has 0 unspecified atom stereocenters. The Labute approximate surface area is 108 Å². The lowest BCUT2D eigenvalue weighted by Crippen LogP contribution is -2.06. The van der Waals surface area contributed by atoms with Crippen molar-refractivity contribution in [2.24, 2.45) is 0 Å². The van der Waals surface area contributed by atoms with Crippen molar-refractivity contribution in [2.45, 2.75) is 11.5 Å². The molecular formula is C7H3BrCl2F2O3S. The van der Waals surface area contributed by atoms with Crippen molar-refractivity contribution in [3.63, 3.8) is 0 Å². The van der Waals surface area contributed by atoms with E-state index in [1.165, 1.54) is 6.07 Å². The van der Waals surface area contributed by atoms with Crippen molar-refractivity contribution in [1.29, 1.82) is 0 Å². The molecule has 1 aromatic rings. The number of ether oxygens (including phenoxy) is 1. The van der Waals surface area contributed by atoms with Crippen LogP contribution in [0.2, 0.25) is 5.02 Å². The molecule has 0 N–H and O–H groups in total. The molecule has 0 aliphatic heterocycles. The van der Waals surface area contributed by atoms with Crippen molar-refractivity contribution in [1.82, 2.24) is 0 Å². The summed E-state index contributed by atoms with van der Waals surface area (Å²) in [7, 11) is 0.834. The third-order valence-corrected chi connectivity index (χ3v) is 3.51. The van der Waals surface area contributed by atoms with Crippen LogP contribution in [0.3, 0.4) is 0 Å². The summed E-state index contributed by atoms with van der Waals surface area (Å²) in [6.45, 7) is -3.20. The van der Waals surface area contributed by atoms with E-state index in [1.807, 2.05) is 0 Å². The minimum absolute atomic E-state index is 0.276. The van der Waals surface area contributed by atoms with Crippen molar-refractivity contribution in [3.05, 3.63) is 21.6 Å². The Kier molecular flexibility index (Phi) is 4.39. The minimum atomic E-state index is -4.22. The molecular weight excluding hydrogens is 353 g/mol. The summed E-state index contributed by atoms with van der Waals surface area (Å²) in [5.41, 5.74) is 0. The van der Waals surface area contributed by atoms with Crippen molar-refractivity contribution < 1.29 is 21.9 Å². The number of alkyl halides is 2. The number of benzene rings is 1. The quantitative estimate of drug-likeness (QED) is 0.777. The standard InChI is InChI=1S/C7H3BrCl2F2O3S/c8-3-1-4(9)6(15-7(11)12)5(2-3)16(10,13)14/h1-2,7H. The molecule has 1 aromatic carbocycles. The predicted octanol–water partition coefficient (Wildman–Crippen LogP) is 3.63. The van der Waals surface area contributed by atoms with E-state index in [1.54, 1.807) is 0 Å². The lowest BCUT2D eigenvalue weighted by molar-refractivity contribution is -0.0516. The molecule has 0 aliphatic carbocycles. The summed E-state index contributed by atoms with van der Waals surface area (Å²) in [4.78, 5) is -0.617. The molecule has 0 fully saturated rings. The molecule has 9 heteroatoms. The highest BCUT2D eigenvalue weighted by molar-refractivity contribution is 9.10. The Morgan fingerprint density at radius 3 is 2.38 bits per heavy atom. The first kappa shape index (κ1) is 14.0. The third kappa shape index (κ3) is 3.44. The number of halogens is 5. The van der Waals surface area contributed by atoms with Crippen molar-refractivity contribution in [2.75, 3.05) is 0 Å². The zero-order chi connectivity index (χ0) is 12.5. The Hall–Kier alpha value is -0.110. The highest BCUT2D eigenvalue weighted by Gasteiger charge is 2.23. The molecule has 0 aromatic heterocycles. The van der Waals surface area contributed by atoms with Gasteiger partial charge >= 0.3 is 6.61 Å². The van der Waals surface area contributed by atoms with Gasteiger partial charge in [0, 0.05) is 15.2 Å². The molecule has 90 valence electrons. The van der Waals surface area contributed by atoms with E-state index >= 15 is 0 Å². The normalized spacial score (nSPS) is 11.9. The average Bonchev–Trinajstić information content (AvgIpc) is 2.06. The van der Waals surface area contributed by atoms with Gasteiger partial charge in [0.2, 0.25) is 0 Å². The molecule has 0 heterocycles. The summed E-state index contributed by atoms with van der Waals surface area (Å²) in [6, 6.07) is 2.23. The van der Waals surface area contributed by atoms with Gasteiger partial charge in [0.25, 0.3) is 9.05 Å². The molecule has 3 nitrogen and oxygen atoms in total. The SMILES string of the molecule is O=S(=O)(Cl)c1cc(Br)cc(Cl)c1OC(F)F. The van der Waals surface area contributed by atoms with Gasteiger partial charge in [-0.25, -0.2) is 8.42 Å². The van der Waals surface area contributed by atoms with Crippen LogP contribution >= 0.6 is 38.2 Å². The largest absolute Gasteiger partial charge is 0.432 e. The molecule has 0 saturated carbocycles. The molecule has 0 bridgehead atoms. The summed E-state index contributed by atoms with van der Waals surface area (Å²) in [5, 5.41) is -0.283. The molecule has 0 aliphatic rings. The maximum Gasteiger partial charge on any atom is 0.387 e. The monoisotopic (exact) mass is 354 g/mol. The van der Waals surface area contributed by atoms with E-state index in [0.29, 0.717) is 0 Å². The van der Waals surface area contributed by atoms with E-state index in [0.717, 1.165) is 6.07 Å². The number of hydrogen-bond acceptors (Lipinski definition) is 3. The maximum atomic E-state index is 12.0. The second-order valence-corrected chi connectivity index (χ2v) is 6.39. The van der Waals surface area contributed by atoms with Gasteiger partial charge in [0.05, 0.1) is 5.02 Å². The van der Waals surface area contributed by atoms with Crippen LogP contribution in [-0.2, 0) is 9.05 Å². The van der Waals surface area contributed by atoms with Crippen LogP contribution in [0.1, 0.15) is 0 Å². The molecule has 0 spiro atoms. The van der Waals surface area contributed by atoms with Crippen LogP contribution in [0, 0.1) is 0 Å². The van der Waals surface area contributed by atoms with Crippen LogP contribution in [0.5, 0.6) is 5.75 Å². The van der Waals surface area contributed by atoms with E-state index in [9.17, 15) is 17.2 Å². The first-order valence-electron chi connectivity index (χ1n) is 3.60. The fourth-order valence-corrected chi connectivity index (χ4v) is 2.97. The summed E-state index contributed by atoms with van der Waals surface area (Å²) < 4.78 is 50.6. The Bertz CT molecular complexity index is 507. The van der Waals surface area contributed by atoms with E-state index in [-0.39, 0.29) is 9.50 Å². The summed E-state index contributed by atoms with van der Waals surface area (Å²) in [5.74, 6) is -0.671. The van der Waals surface area contributed by atoms with E-state index in [4.69, 9.17) is 22.3 Å². The molecule has 0 radical (unpaired) electrons. The van der Waals surface area contributed by atoms with E-state index < -0.39 is 26.3 Å². The first-order chi connectivity index (χ1) is 7.21. The summed E-state index contributed by atoms with van der Waals surface area (Å²) >= 11 is 8.53. The highest BCUT2D eigenvalue weighted by atomic mass is 79.9. The van der Waals surface area contributed by atoms with E-state index in [2.05, 4.69) is 20.7 Å². The first-order valence-corrected chi connectivity index (χ1v) is 7.08. The molecule has 1 rings (SSSR count). The van der Waals surface area contributed by atoms with Crippen molar-refractivity contribution in [3.8, 4) is 5.75 Å². The van der Waals surface area contributed by atoms with Crippen LogP contribution < -0.4 is 4.74 Å². The van der Waals surface area contributed by atoms with Crippen LogP contribution in [-0.4, -0.2) is 15.0 Å². The molecule has 16 heavy (non-hydrogen) atoms. The van der Waals surface area contributed by atoms with Gasteiger partial charge in [-0.2, -0.15) is 8.78 Å². The van der Waals surface area contributed by atoms with Crippen LogP contribution in [0.25, 0.3) is 0 Å². The second-order valence-electron chi connectivity index (χ2n) is 2.53. The Balaban J connectivity index is 3.45. The topological polar surface area (TPSA) is 43.4 Å². The van der Waals surface area contributed by atoms with Gasteiger partial charge in [-0.3, -0.25) is 0 Å². The van der Waals surface area contributed by atoms with Gasteiger partial charge in [-0.05, 0) is 12.1 Å². The van der Waals surface area contributed by atoms with Gasteiger partial charge < -0.3 is 4.74 Å². The minimum Gasteiger partial charge on any atom is -0.432 e. The van der Waals surface area contributed by atoms with Gasteiger partial charge in [0.1, 0.15) is 4.90 Å². The zero-order valence-electron chi connectivity index (χ0n) is 7.25. The smallest absolute Gasteiger partial charge is 0.387 e. The zero-order valence-corrected chi connectivity index (χ0v) is 11.2. The highest BCUT2D eigenvalue weighted by Crippen LogP contribution is 2.37. The maximum absolute atomic E-state index is 12.0. The number of rotatable bonds is 3. The van der Waals surface area contributed by atoms with Crippen LogP contribution in [0.15, 0.2) is 21.5 Å². The lowest BCUT2D eigenvalue weighted by atomic mass is 10.3. The molecule has 0 amide bonds. The van der Waals surface area contributed by atoms with Crippen LogP contribution in [0.4, 0.5) is 8.78 Å². The fraction of sp³-hybridized carbons (Fsp3) is 0.143. The second kappa shape index (κ2) is 5.03. The van der Waals surface area contributed by atoms with Crippen molar-refractivity contribution >= 4 is 47.3 Å². The van der Waals surface area contributed by atoms with Gasteiger partial charge in [-0.1, -0.05) is 27.5 Å².